The summed E-state index contributed by atoms with van der Waals surface area (Å²) in [5, 5.41) is 0. The highest BCUT2D eigenvalue weighted by Crippen LogP contribution is 2.54. The Kier molecular flexibility index (Phi) is 3.57. The van der Waals surface area contributed by atoms with E-state index in [-0.39, 0.29) is 0 Å². The van der Waals surface area contributed by atoms with E-state index in [0.29, 0.717) is 0 Å². The van der Waals surface area contributed by atoms with Gasteiger partial charge in [-0.15, -0.1) is 0 Å². The van der Waals surface area contributed by atoms with Crippen LogP contribution in [0.1, 0.15) is 5.56 Å². The van der Waals surface area contributed by atoms with Crippen LogP contribution in [0.5, 0.6) is 0 Å². The number of halogens is 10. The van der Waals surface area contributed by atoms with Gasteiger partial charge < -0.3 is 5.73 Å². The maximum absolute atomic E-state index is 13.4. The van der Waals surface area contributed by atoms with Gasteiger partial charge in [-0.3, -0.25) is 0 Å². The summed E-state index contributed by atoms with van der Waals surface area (Å²) in [6.45, 7) is 0. The third kappa shape index (κ3) is 2.12. The van der Waals surface area contributed by atoms with Crippen molar-refractivity contribution in [1.82, 2.24) is 4.98 Å². The maximum Gasteiger partial charge on any atom is 0.436 e. The fourth-order valence-corrected chi connectivity index (χ4v) is 1.28. The summed E-state index contributed by atoms with van der Waals surface area (Å²) in [4.78, 5) is 2.17. The summed E-state index contributed by atoms with van der Waals surface area (Å²) in [7, 11) is 0. The maximum atomic E-state index is 13.4. The highest BCUT2D eigenvalue weighted by atomic mass is 19.4. The average Bonchev–Trinajstić information content (AvgIpc) is 2.23. The van der Waals surface area contributed by atoms with Gasteiger partial charge in [-0.25, -0.2) is 13.2 Å². The molecule has 0 aromatic carbocycles. The van der Waals surface area contributed by atoms with Crippen molar-refractivity contribution in [2.45, 2.75) is 18.0 Å². The molecule has 0 spiro atoms. The molecule has 0 aliphatic rings. The van der Waals surface area contributed by atoms with Gasteiger partial charge in [0.1, 0.15) is 0 Å². The van der Waals surface area contributed by atoms with E-state index in [1.807, 2.05) is 0 Å². The molecule has 0 radical (unpaired) electrons. The lowest BCUT2D eigenvalue weighted by Gasteiger charge is -2.30. The summed E-state index contributed by atoms with van der Waals surface area (Å²) >= 11 is 0. The summed E-state index contributed by atoms with van der Waals surface area (Å²) < 4.78 is 126. The van der Waals surface area contributed by atoms with Gasteiger partial charge >= 0.3 is 18.0 Å². The van der Waals surface area contributed by atoms with Gasteiger partial charge in [0.2, 0.25) is 0 Å². The van der Waals surface area contributed by atoms with Crippen molar-refractivity contribution in [3.05, 3.63) is 23.1 Å². The molecule has 0 unspecified atom stereocenters. The minimum atomic E-state index is -6.81. The van der Waals surface area contributed by atoms with E-state index >= 15 is 0 Å². The lowest BCUT2D eigenvalue weighted by atomic mass is 9.93. The number of hydrogen-bond acceptors (Lipinski definition) is 2. The summed E-state index contributed by atoms with van der Waals surface area (Å²) in [6.07, 6.45) is -13.6. The largest absolute Gasteiger partial charge is 0.436 e. The van der Waals surface area contributed by atoms with E-state index < -0.39 is 47.0 Å². The van der Waals surface area contributed by atoms with E-state index in [1.165, 1.54) is 0 Å². The van der Waals surface area contributed by atoms with Crippen molar-refractivity contribution in [3.8, 4) is 0 Å². The standard InChI is InChI=1S/C8H2F10N2/c9-2-1(3(10)5(19)20-4(2)11)6(12,7(13,14)15)8(16,17)18/h(H2,19,20). The second-order valence-corrected chi connectivity index (χ2v) is 3.44. The Morgan fingerprint density at radius 1 is 0.750 bits per heavy atom. The summed E-state index contributed by atoms with van der Waals surface area (Å²) in [6, 6.07) is 0. The van der Waals surface area contributed by atoms with Crippen LogP contribution in [0.25, 0.3) is 0 Å². The molecule has 0 saturated carbocycles. The van der Waals surface area contributed by atoms with Crippen LogP contribution in [0.4, 0.5) is 49.7 Å². The Balaban J connectivity index is 3.87. The molecular weight excluding hydrogens is 314 g/mol. The predicted molar refractivity (Wildman–Crippen MR) is 43.4 cm³/mol. The lowest BCUT2D eigenvalue weighted by molar-refractivity contribution is -0.350. The normalized spacial score (nSPS) is 13.7. The third-order valence-electron chi connectivity index (χ3n) is 2.19. The quantitative estimate of drug-likeness (QED) is 0.637. The average molecular weight is 316 g/mol. The van der Waals surface area contributed by atoms with E-state index in [1.54, 1.807) is 0 Å². The van der Waals surface area contributed by atoms with Crippen LogP contribution in [0.3, 0.4) is 0 Å². The Morgan fingerprint density at radius 2 is 1.15 bits per heavy atom. The van der Waals surface area contributed by atoms with Crippen LogP contribution in [-0.4, -0.2) is 17.3 Å². The third-order valence-corrected chi connectivity index (χ3v) is 2.19. The van der Waals surface area contributed by atoms with Crippen molar-refractivity contribution in [3.63, 3.8) is 0 Å². The van der Waals surface area contributed by atoms with Crippen molar-refractivity contribution >= 4 is 5.82 Å². The molecule has 1 aromatic heterocycles. The first-order valence-corrected chi connectivity index (χ1v) is 4.38. The molecular formula is C8H2F10N2. The molecule has 0 atom stereocenters. The Morgan fingerprint density at radius 3 is 1.50 bits per heavy atom. The lowest BCUT2D eigenvalue weighted by Crippen LogP contribution is -2.51. The predicted octanol–water partition coefficient (Wildman–Crippen LogP) is 3.37. The zero-order valence-electron chi connectivity index (χ0n) is 8.80. The number of nitrogen functional groups attached to an aromatic ring is 1. The van der Waals surface area contributed by atoms with Crippen molar-refractivity contribution in [2.24, 2.45) is 0 Å². The van der Waals surface area contributed by atoms with Gasteiger partial charge in [-0.2, -0.15) is 35.7 Å². The first-order chi connectivity index (χ1) is 8.75. The number of hydrogen-bond donors (Lipinski definition) is 1. The van der Waals surface area contributed by atoms with Gasteiger partial charge in [0.05, 0.1) is 5.56 Å². The Labute approximate surface area is 103 Å². The summed E-state index contributed by atoms with van der Waals surface area (Å²) in [5.41, 5.74) is -5.25. The second-order valence-electron chi connectivity index (χ2n) is 3.44. The molecule has 1 aromatic rings. The van der Waals surface area contributed by atoms with E-state index in [2.05, 4.69) is 10.7 Å². The molecule has 1 rings (SSSR count). The number of nitrogens with two attached hydrogens (primary N) is 1. The number of aromatic nitrogens is 1. The molecule has 0 bridgehead atoms. The monoisotopic (exact) mass is 316 g/mol. The smallest absolute Gasteiger partial charge is 0.381 e. The number of anilines is 1. The molecule has 0 saturated heterocycles. The molecule has 0 aliphatic heterocycles. The Bertz CT molecular complexity index is 491. The van der Waals surface area contributed by atoms with Gasteiger partial charge in [-0.05, 0) is 0 Å². The van der Waals surface area contributed by atoms with E-state index in [4.69, 9.17) is 0 Å². The number of pyridine rings is 1. The van der Waals surface area contributed by atoms with Crippen LogP contribution in [0.15, 0.2) is 0 Å². The molecule has 1 heterocycles. The van der Waals surface area contributed by atoms with Crippen LogP contribution in [-0.2, 0) is 5.67 Å². The molecule has 2 nitrogen and oxygen atoms in total. The number of alkyl halides is 7. The van der Waals surface area contributed by atoms with E-state index in [9.17, 15) is 43.9 Å². The number of nitrogens with zero attached hydrogens (tertiary/aromatic N) is 1. The summed E-state index contributed by atoms with van der Waals surface area (Å²) in [5.74, 6) is -10.3. The first-order valence-electron chi connectivity index (χ1n) is 4.38. The Hall–Kier alpha value is -1.75. The van der Waals surface area contributed by atoms with Crippen LogP contribution in [0, 0.1) is 17.6 Å². The molecule has 2 N–H and O–H groups in total. The highest BCUT2D eigenvalue weighted by molar-refractivity contribution is 5.41. The minimum Gasteiger partial charge on any atom is -0.381 e. The van der Waals surface area contributed by atoms with Crippen LogP contribution < -0.4 is 5.73 Å². The molecule has 0 amide bonds. The SMILES string of the molecule is Nc1nc(F)c(F)c(C(F)(C(F)(F)F)C(F)(F)F)c1F. The molecule has 12 heteroatoms. The fourth-order valence-electron chi connectivity index (χ4n) is 1.28. The highest BCUT2D eigenvalue weighted by Gasteiger charge is 2.75. The van der Waals surface area contributed by atoms with E-state index in [0.717, 1.165) is 0 Å². The fraction of sp³-hybridized carbons (Fsp3) is 0.375. The van der Waals surface area contributed by atoms with Crippen LogP contribution >= 0.6 is 0 Å². The number of rotatable bonds is 1. The zero-order valence-corrected chi connectivity index (χ0v) is 8.80. The molecule has 0 fully saturated rings. The van der Waals surface area contributed by atoms with Gasteiger partial charge in [0, 0.05) is 0 Å². The molecule has 0 aliphatic carbocycles. The van der Waals surface area contributed by atoms with Gasteiger partial charge in [0.15, 0.2) is 17.5 Å². The van der Waals surface area contributed by atoms with Crippen molar-refractivity contribution < 1.29 is 43.9 Å². The zero-order chi connectivity index (χ0) is 16.1. The van der Waals surface area contributed by atoms with Gasteiger partial charge in [0.25, 0.3) is 5.95 Å². The molecule has 114 valence electrons. The van der Waals surface area contributed by atoms with Crippen LogP contribution in [0.2, 0.25) is 0 Å². The second kappa shape index (κ2) is 4.38. The molecule has 20 heavy (non-hydrogen) atoms. The van der Waals surface area contributed by atoms with Crippen molar-refractivity contribution in [2.75, 3.05) is 5.73 Å². The van der Waals surface area contributed by atoms with Gasteiger partial charge in [-0.1, -0.05) is 0 Å². The topological polar surface area (TPSA) is 38.9 Å². The van der Waals surface area contributed by atoms with Crippen molar-refractivity contribution in [1.29, 1.82) is 0 Å². The minimum absolute atomic E-state index is 1.85. The first kappa shape index (κ1) is 16.3.